The van der Waals surface area contributed by atoms with Gasteiger partial charge in [-0.1, -0.05) is 25.8 Å². The second-order valence-electron chi connectivity index (χ2n) is 4.51. The summed E-state index contributed by atoms with van der Waals surface area (Å²) in [7, 11) is 0. The molecule has 0 saturated heterocycles. The van der Waals surface area contributed by atoms with Gasteiger partial charge in [0.25, 0.3) is 0 Å². The maximum Gasteiger partial charge on any atom is 0.191 e. The van der Waals surface area contributed by atoms with E-state index in [1.165, 1.54) is 18.4 Å². The molecule has 0 aliphatic carbocycles. The van der Waals surface area contributed by atoms with Gasteiger partial charge in [-0.2, -0.15) is 0 Å². The minimum absolute atomic E-state index is 0.880. The Morgan fingerprint density at radius 2 is 2.16 bits per heavy atom. The fraction of sp³-hybridized carbons (Fsp3) is 0.600. The maximum atomic E-state index is 4.56. The largest absolute Gasteiger partial charge is 0.357 e. The molecule has 1 aromatic rings. The minimum Gasteiger partial charge on any atom is -0.357 e. The van der Waals surface area contributed by atoms with Crippen molar-refractivity contribution in [2.75, 3.05) is 19.6 Å². The van der Waals surface area contributed by atoms with Gasteiger partial charge in [0, 0.05) is 32.0 Å². The van der Waals surface area contributed by atoms with Crippen LogP contribution >= 0.6 is 0 Å². The third kappa shape index (κ3) is 7.44. The molecule has 0 atom stereocenters. The number of aromatic nitrogens is 1. The molecule has 0 saturated carbocycles. The molecule has 0 spiro atoms. The van der Waals surface area contributed by atoms with Gasteiger partial charge in [0.1, 0.15) is 0 Å². The van der Waals surface area contributed by atoms with Crippen molar-refractivity contribution in [2.45, 2.75) is 39.5 Å². The summed E-state index contributed by atoms with van der Waals surface area (Å²) in [6, 6.07) is 4.07. The van der Waals surface area contributed by atoms with E-state index in [-0.39, 0.29) is 0 Å². The maximum absolute atomic E-state index is 4.56. The van der Waals surface area contributed by atoms with Gasteiger partial charge in [0.2, 0.25) is 0 Å². The summed E-state index contributed by atoms with van der Waals surface area (Å²) in [6.07, 6.45) is 8.32. The molecule has 0 fully saturated rings. The molecule has 4 nitrogen and oxygen atoms in total. The Hall–Kier alpha value is -1.58. The Labute approximate surface area is 116 Å². The molecule has 1 rings (SSSR count). The highest BCUT2D eigenvalue weighted by Crippen LogP contribution is 1.96. The second kappa shape index (κ2) is 10.4. The van der Waals surface area contributed by atoms with Gasteiger partial charge < -0.3 is 10.6 Å². The van der Waals surface area contributed by atoms with Gasteiger partial charge in [-0.15, -0.1) is 0 Å². The fourth-order valence-electron chi connectivity index (χ4n) is 1.77. The summed E-state index contributed by atoms with van der Waals surface area (Å²) in [5.41, 5.74) is 1.25. The topological polar surface area (TPSA) is 49.3 Å². The molecular formula is C15H26N4. The molecule has 0 radical (unpaired) electrons. The summed E-state index contributed by atoms with van der Waals surface area (Å²) < 4.78 is 0. The van der Waals surface area contributed by atoms with Crippen molar-refractivity contribution >= 4 is 5.96 Å². The lowest BCUT2D eigenvalue weighted by molar-refractivity contribution is 0.716. The lowest BCUT2D eigenvalue weighted by Gasteiger charge is -2.11. The summed E-state index contributed by atoms with van der Waals surface area (Å²) in [6.45, 7) is 6.97. The van der Waals surface area contributed by atoms with Crippen LogP contribution in [0.15, 0.2) is 29.5 Å². The zero-order valence-corrected chi connectivity index (χ0v) is 12.2. The van der Waals surface area contributed by atoms with E-state index in [1.54, 1.807) is 6.20 Å². The Morgan fingerprint density at radius 3 is 2.84 bits per heavy atom. The van der Waals surface area contributed by atoms with E-state index in [1.807, 2.05) is 12.3 Å². The van der Waals surface area contributed by atoms with Crippen molar-refractivity contribution < 1.29 is 0 Å². The van der Waals surface area contributed by atoms with E-state index in [2.05, 4.69) is 40.5 Å². The number of hydrogen-bond donors (Lipinski definition) is 2. The highest BCUT2D eigenvalue weighted by molar-refractivity contribution is 5.79. The van der Waals surface area contributed by atoms with Gasteiger partial charge >= 0.3 is 0 Å². The molecule has 0 aliphatic heterocycles. The molecule has 1 heterocycles. The Bertz CT molecular complexity index is 348. The van der Waals surface area contributed by atoms with Gasteiger partial charge in [-0.05, 0) is 31.4 Å². The van der Waals surface area contributed by atoms with Crippen molar-refractivity contribution in [3.63, 3.8) is 0 Å². The van der Waals surface area contributed by atoms with Crippen LogP contribution in [-0.2, 0) is 6.42 Å². The number of pyridine rings is 1. The first-order chi connectivity index (χ1) is 9.36. The number of nitrogens with one attached hydrogen (secondary N) is 2. The van der Waals surface area contributed by atoms with E-state index in [9.17, 15) is 0 Å². The highest BCUT2D eigenvalue weighted by atomic mass is 15.2. The zero-order chi connectivity index (χ0) is 13.8. The number of unbranched alkanes of at least 4 members (excludes halogenated alkanes) is 2. The van der Waals surface area contributed by atoms with E-state index >= 15 is 0 Å². The van der Waals surface area contributed by atoms with Gasteiger partial charge in [-0.3, -0.25) is 9.98 Å². The first-order valence-electron chi connectivity index (χ1n) is 7.28. The summed E-state index contributed by atoms with van der Waals surface area (Å²) in [5.74, 6) is 0.919. The van der Waals surface area contributed by atoms with Crippen LogP contribution in [0.25, 0.3) is 0 Å². The van der Waals surface area contributed by atoms with Crippen molar-refractivity contribution in [2.24, 2.45) is 4.99 Å². The first-order valence-corrected chi connectivity index (χ1v) is 7.28. The summed E-state index contributed by atoms with van der Waals surface area (Å²) >= 11 is 0. The van der Waals surface area contributed by atoms with Crippen LogP contribution in [0.1, 0.15) is 38.7 Å². The van der Waals surface area contributed by atoms with Crippen LogP contribution < -0.4 is 10.6 Å². The monoisotopic (exact) mass is 262 g/mol. The van der Waals surface area contributed by atoms with E-state index in [4.69, 9.17) is 0 Å². The number of nitrogens with zero attached hydrogens (tertiary/aromatic N) is 2. The Kier molecular flexibility index (Phi) is 8.43. The van der Waals surface area contributed by atoms with Gasteiger partial charge in [-0.25, -0.2) is 0 Å². The van der Waals surface area contributed by atoms with E-state index in [0.717, 1.165) is 38.4 Å². The van der Waals surface area contributed by atoms with Crippen LogP contribution in [0.3, 0.4) is 0 Å². The Morgan fingerprint density at radius 1 is 1.26 bits per heavy atom. The summed E-state index contributed by atoms with van der Waals surface area (Å²) in [5, 5.41) is 6.63. The number of rotatable bonds is 8. The predicted octanol–water partition coefficient (Wildman–Crippen LogP) is 2.37. The first kappa shape index (κ1) is 15.5. The molecule has 4 heteroatoms. The molecule has 1 aromatic heterocycles. The zero-order valence-electron chi connectivity index (χ0n) is 12.2. The third-order valence-corrected chi connectivity index (χ3v) is 2.80. The van der Waals surface area contributed by atoms with Crippen LogP contribution in [0.2, 0.25) is 0 Å². The van der Waals surface area contributed by atoms with Crippen molar-refractivity contribution in [3.8, 4) is 0 Å². The Balaban J connectivity index is 2.28. The van der Waals surface area contributed by atoms with Crippen LogP contribution in [0.4, 0.5) is 0 Å². The second-order valence-corrected chi connectivity index (χ2v) is 4.51. The minimum atomic E-state index is 0.880. The smallest absolute Gasteiger partial charge is 0.191 e. The molecule has 0 aliphatic rings. The number of hydrogen-bond acceptors (Lipinski definition) is 2. The molecule has 0 amide bonds. The average Bonchev–Trinajstić information content (AvgIpc) is 2.44. The van der Waals surface area contributed by atoms with Crippen molar-refractivity contribution in [1.82, 2.24) is 15.6 Å². The quantitative estimate of drug-likeness (QED) is 0.429. The fourth-order valence-corrected chi connectivity index (χ4v) is 1.77. The SMILES string of the molecule is CCCCCN=C(NCC)NCCc1cccnc1. The molecular weight excluding hydrogens is 236 g/mol. The normalized spacial score (nSPS) is 11.4. The number of aliphatic imine (C=N–C) groups is 1. The number of guanidine groups is 1. The summed E-state index contributed by atoms with van der Waals surface area (Å²) in [4.78, 5) is 8.68. The third-order valence-electron chi connectivity index (χ3n) is 2.80. The average molecular weight is 262 g/mol. The lowest BCUT2D eigenvalue weighted by atomic mass is 10.2. The predicted molar refractivity (Wildman–Crippen MR) is 81.4 cm³/mol. The molecule has 19 heavy (non-hydrogen) atoms. The van der Waals surface area contributed by atoms with Gasteiger partial charge in [0.15, 0.2) is 5.96 Å². The highest BCUT2D eigenvalue weighted by Gasteiger charge is 1.97. The van der Waals surface area contributed by atoms with Crippen LogP contribution in [0.5, 0.6) is 0 Å². The van der Waals surface area contributed by atoms with E-state index in [0.29, 0.717) is 0 Å². The standard InChI is InChI=1S/C15H26N4/c1-3-5-6-11-18-15(17-4-2)19-12-9-14-8-7-10-16-13-14/h7-8,10,13H,3-6,9,11-12H2,1-2H3,(H2,17,18,19). The van der Waals surface area contributed by atoms with Crippen molar-refractivity contribution in [3.05, 3.63) is 30.1 Å². The molecule has 106 valence electrons. The van der Waals surface area contributed by atoms with Crippen molar-refractivity contribution in [1.29, 1.82) is 0 Å². The van der Waals surface area contributed by atoms with Crippen LogP contribution in [0, 0.1) is 0 Å². The van der Waals surface area contributed by atoms with Gasteiger partial charge in [0.05, 0.1) is 0 Å². The van der Waals surface area contributed by atoms with E-state index < -0.39 is 0 Å². The molecule has 0 unspecified atom stereocenters. The van der Waals surface area contributed by atoms with Crippen LogP contribution in [-0.4, -0.2) is 30.6 Å². The lowest BCUT2D eigenvalue weighted by Crippen LogP contribution is -2.38. The molecule has 0 bridgehead atoms. The molecule has 2 N–H and O–H groups in total. The molecule has 0 aromatic carbocycles.